The van der Waals surface area contributed by atoms with E-state index >= 15 is 0 Å². The molecule has 19 heavy (non-hydrogen) atoms. The van der Waals surface area contributed by atoms with Crippen molar-refractivity contribution in [1.82, 2.24) is 15.0 Å². The average molecular weight is 287 g/mol. The number of anilines is 2. The third-order valence-corrected chi connectivity index (χ3v) is 4.51. The van der Waals surface area contributed by atoms with E-state index in [0.717, 1.165) is 0 Å². The second-order valence-corrected chi connectivity index (χ2v) is 6.61. The van der Waals surface area contributed by atoms with E-state index in [9.17, 15) is 8.42 Å². The molecule has 1 aromatic heterocycles. The van der Waals surface area contributed by atoms with Gasteiger partial charge in [0.25, 0.3) is 0 Å². The summed E-state index contributed by atoms with van der Waals surface area (Å²) in [6.07, 6.45) is 1.08. The van der Waals surface area contributed by atoms with Crippen LogP contribution in [0.2, 0.25) is 0 Å². The van der Waals surface area contributed by atoms with Crippen LogP contribution in [0.5, 0.6) is 6.01 Å². The zero-order chi connectivity index (χ0) is 13.9. The molecule has 1 aromatic rings. The van der Waals surface area contributed by atoms with Crippen molar-refractivity contribution < 1.29 is 13.2 Å². The molecule has 2 heterocycles. The summed E-state index contributed by atoms with van der Waals surface area (Å²) in [5, 5.41) is 3.07. The van der Waals surface area contributed by atoms with Crippen molar-refractivity contribution in [3.05, 3.63) is 0 Å². The molecular formula is C10H17N5O3S. The number of nitrogens with zero attached hydrogens (tertiary/aromatic N) is 3. The average Bonchev–Trinajstić information content (AvgIpc) is 2.32. The van der Waals surface area contributed by atoms with Gasteiger partial charge in [-0.15, -0.1) is 0 Å². The van der Waals surface area contributed by atoms with Gasteiger partial charge in [-0.3, -0.25) is 0 Å². The largest absolute Gasteiger partial charge is 0.464 e. The van der Waals surface area contributed by atoms with E-state index in [0.29, 0.717) is 25.4 Å². The fraction of sp³-hybridized carbons (Fsp3) is 0.700. The maximum atomic E-state index is 11.3. The third kappa shape index (κ3) is 3.91. The van der Waals surface area contributed by atoms with E-state index in [1.54, 1.807) is 0 Å². The predicted molar refractivity (Wildman–Crippen MR) is 70.7 cm³/mol. The van der Waals surface area contributed by atoms with E-state index in [2.05, 4.69) is 20.3 Å². The van der Waals surface area contributed by atoms with Gasteiger partial charge in [0.05, 0.1) is 18.1 Å². The maximum Gasteiger partial charge on any atom is 0.323 e. The number of nitrogen functional groups attached to an aromatic ring is 1. The lowest BCUT2D eigenvalue weighted by atomic mass is 10.2. The van der Waals surface area contributed by atoms with Crippen molar-refractivity contribution >= 4 is 21.7 Å². The quantitative estimate of drug-likeness (QED) is 0.784. The minimum atomic E-state index is -2.88. The van der Waals surface area contributed by atoms with E-state index in [4.69, 9.17) is 10.5 Å². The molecule has 0 radical (unpaired) electrons. The Morgan fingerprint density at radius 1 is 1.32 bits per heavy atom. The molecular weight excluding hydrogens is 270 g/mol. The molecule has 0 amide bonds. The van der Waals surface area contributed by atoms with Crippen molar-refractivity contribution in [1.29, 1.82) is 0 Å². The number of hydrogen-bond donors (Lipinski definition) is 2. The van der Waals surface area contributed by atoms with Crippen molar-refractivity contribution in [2.24, 2.45) is 0 Å². The summed E-state index contributed by atoms with van der Waals surface area (Å²) >= 11 is 0. The minimum absolute atomic E-state index is 0.0276. The first-order chi connectivity index (χ1) is 8.98. The van der Waals surface area contributed by atoms with Crippen LogP contribution >= 0.6 is 0 Å². The minimum Gasteiger partial charge on any atom is -0.464 e. The van der Waals surface area contributed by atoms with Gasteiger partial charge in [0.1, 0.15) is 9.84 Å². The molecule has 0 unspecified atom stereocenters. The van der Waals surface area contributed by atoms with Gasteiger partial charge in [-0.05, 0) is 19.8 Å². The summed E-state index contributed by atoms with van der Waals surface area (Å²) in [4.78, 5) is 11.9. The molecule has 1 fully saturated rings. The molecule has 0 aromatic carbocycles. The van der Waals surface area contributed by atoms with Crippen molar-refractivity contribution in [2.45, 2.75) is 25.8 Å². The molecule has 1 aliphatic rings. The van der Waals surface area contributed by atoms with Crippen molar-refractivity contribution in [3.63, 3.8) is 0 Å². The van der Waals surface area contributed by atoms with Gasteiger partial charge in [0.2, 0.25) is 11.9 Å². The van der Waals surface area contributed by atoms with Crippen LogP contribution in [0.25, 0.3) is 0 Å². The monoisotopic (exact) mass is 287 g/mol. The molecule has 0 atom stereocenters. The number of hydrogen-bond acceptors (Lipinski definition) is 8. The molecule has 0 saturated carbocycles. The first kappa shape index (κ1) is 13.8. The Hall–Kier alpha value is -1.64. The van der Waals surface area contributed by atoms with Crippen LogP contribution < -0.4 is 15.8 Å². The van der Waals surface area contributed by atoms with Gasteiger partial charge >= 0.3 is 6.01 Å². The Labute approximate surface area is 111 Å². The second-order valence-electron chi connectivity index (χ2n) is 4.30. The van der Waals surface area contributed by atoms with Gasteiger partial charge in [-0.1, -0.05) is 0 Å². The molecule has 0 bridgehead atoms. The lowest BCUT2D eigenvalue weighted by Crippen LogP contribution is -2.32. The van der Waals surface area contributed by atoms with E-state index in [-0.39, 0.29) is 29.5 Å². The van der Waals surface area contributed by atoms with Gasteiger partial charge in [0.15, 0.2) is 0 Å². The van der Waals surface area contributed by atoms with Crippen molar-refractivity contribution in [3.8, 4) is 6.01 Å². The number of aromatic nitrogens is 3. The Kier molecular flexibility index (Phi) is 4.03. The Morgan fingerprint density at radius 3 is 2.63 bits per heavy atom. The molecule has 106 valence electrons. The maximum absolute atomic E-state index is 11.3. The summed E-state index contributed by atoms with van der Waals surface area (Å²) in [5.41, 5.74) is 5.56. The van der Waals surface area contributed by atoms with E-state index in [1.807, 2.05) is 6.92 Å². The zero-order valence-electron chi connectivity index (χ0n) is 10.7. The smallest absolute Gasteiger partial charge is 0.323 e. The molecule has 1 saturated heterocycles. The Morgan fingerprint density at radius 2 is 2.00 bits per heavy atom. The summed E-state index contributed by atoms with van der Waals surface area (Å²) in [7, 11) is -2.88. The van der Waals surface area contributed by atoms with Gasteiger partial charge in [0, 0.05) is 6.04 Å². The van der Waals surface area contributed by atoms with E-state index in [1.165, 1.54) is 0 Å². The number of nitrogens with two attached hydrogens (primary N) is 1. The fourth-order valence-electron chi connectivity index (χ4n) is 1.85. The molecule has 0 aliphatic carbocycles. The van der Waals surface area contributed by atoms with Crippen LogP contribution in [0.1, 0.15) is 19.8 Å². The Balaban J connectivity index is 2.03. The predicted octanol–water partition coefficient (Wildman–Crippen LogP) is -0.158. The van der Waals surface area contributed by atoms with Gasteiger partial charge < -0.3 is 15.8 Å². The first-order valence-corrected chi connectivity index (χ1v) is 7.92. The number of ether oxygens (including phenoxy) is 1. The van der Waals surface area contributed by atoms with Crippen LogP contribution in [-0.4, -0.2) is 47.5 Å². The van der Waals surface area contributed by atoms with Crippen molar-refractivity contribution in [2.75, 3.05) is 29.2 Å². The van der Waals surface area contributed by atoms with Crippen LogP contribution in [0.4, 0.5) is 11.9 Å². The number of nitrogens with one attached hydrogen (secondary N) is 1. The highest BCUT2D eigenvalue weighted by Crippen LogP contribution is 2.17. The number of rotatable bonds is 4. The van der Waals surface area contributed by atoms with Crippen LogP contribution in [0.3, 0.4) is 0 Å². The Bertz CT molecular complexity index is 534. The van der Waals surface area contributed by atoms with Gasteiger partial charge in [-0.25, -0.2) is 8.42 Å². The summed E-state index contributed by atoms with van der Waals surface area (Å²) in [5.74, 6) is 0.761. The summed E-state index contributed by atoms with van der Waals surface area (Å²) in [6.45, 7) is 2.25. The summed E-state index contributed by atoms with van der Waals surface area (Å²) < 4.78 is 27.8. The molecule has 9 heteroatoms. The first-order valence-electron chi connectivity index (χ1n) is 6.10. The summed E-state index contributed by atoms with van der Waals surface area (Å²) in [6, 6.07) is 0.195. The highest BCUT2D eigenvalue weighted by Gasteiger charge is 2.24. The highest BCUT2D eigenvalue weighted by atomic mass is 32.2. The second kappa shape index (κ2) is 5.55. The topological polar surface area (TPSA) is 120 Å². The SMILES string of the molecule is CCOc1nc(N)nc(NC2CCS(=O)(=O)CC2)n1. The van der Waals surface area contributed by atoms with Gasteiger partial charge in [-0.2, -0.15) is 15.0 Å². The lowest BCUT2D eigenvalue weighted by molar-refractivity contribution is 0.312. The van der Waals surface area contributed by atoms with E-state index < -0.39 is 9.84 Å². The third-order valence-electron chi connectivity index (χ3n) is 2.79. The molecule has 1 aliphatic heterocycles. The standard InChI is InChI=1S/C10H17N5O3S/c1-2-18-10-14-8(11)13-9(15-10)12-7-3-5-19(16,17)6-4-7/h7H,2-6H2,1H3,(H3,11,12,13,14,15). The molecule has 0 spiro atoms. The highest BCUT2D eigenvalue weighted by molar-refractivity contribution is 7.91. The zero-order valence-corrected chi connectivity index (χ0v) is 11.5. The molecule has 3 N–H and O–H groups in total. The van der Waals surface area contributed by atoms with Crippen LogP contribution in [0, 0.1) is 0 Å². The van der Waals surface area contributed by atoms with Crippen LogP contribution in [0.15, 0.2) is 0 Å². The normalized spacial score (nSPS) is 19.0. The number of sulfone groups is 1. The fourth-order valence-corrected chi connectivity index (χ4v) is 3.34. The molecule has 2 rings (SSSR count). The lowest BCUT2D eigenvalue weighted by Gasteiger charge is -2.22. The van der Waals surface area contributed by atoms with Crippen LogP contribution in [-0.2, 0) is 9.84 Å². The molecule has 8 nitrogen and oxygen atoms in total.